The van der Waals surface area contributed by atoms with Gasteiger partial charge in [0.25, 0.3) is 5.91 Å². The first-order chi connectivity index (χ1) is 7.58. The van der Waals surface area contributed by atoms with Gasteiger partial charge in [0.2, 0.25) is 0 Å². The minimum absolute atomic E-state index is 0.109. The fourth-order valence-electron chi connectivity index (χ4n) is 1.64. The van der Waals surface area contributed by atoms with Crippen LogP contribution >= 0.6 is 38.5 Å². The average Bonchev–Trinajstić information content (AvgIpc) is 3.04. The number of carbonyl (C=O) groups is 1. The van der Waals surface area contributed by atoms with Crippen molar-refractivity contribution < 1.29 is 4.79 Å². The number of hydrogen-bond donors (Lipinski definition) is 0. The fraction of sp³-hybridized carbons (Fsp3) is 0.417. The molecule has 1 fully saturated rings. The van der Waals surface area contributed by atoms with Gasteiger partial charge in [0.1, 0.15) is 0 Å². The maximum atomic E-state index is 12.2. The predicted octanol–water partition coefficient (Wildman–Crippen LogP) is 3.54. The second-order valence-electron chi connectivity index (χ2n) is 4.25. The highest BCUT2D eigenvalue weighted by Gasteiger charge is 2.25. The molecular weight excluding hydrogens is 381 g/mol. The minimum atomic E-state index is 0.109. The molecule has 0 atom stereocenters. The maximum Gasteiger partial charge on any atom is 0.254 e. The Kier molecular flexibility index (Phi) is 3.89. The molecule has 0 heterocycles. The summed E-state index contributed by atoms with van der Waals surface area (Å²) in [6.45, 7) is 0.886. The Morgan fingerprint density at radius 2 is 2.25 bits per heavy atom. The maximum absolute atomic E-state index is 12.2. The van der Waals surface area contributed by atoms with Crippen molar-refractivity contribution in [2.45, 2.75) is 12.8 Å². The van der Waals surface area contributed by atoms with Gasteiger partial charge in [-0.15, -0.1) is 0 Å². The molecule has 0 bridgehead atoms. The Morgan fingerprint density at radius 1 is 1.56 bits per heavy atom. The molecule has 2 rings (SSSR count). The van der Waals surface area contributed by atoms with Gasteiger partial charge in [-0.2, -0.15) is 0 Å². The summed E-state index contributed by atoms with van der Waals surface area (Å²) in [5, 5.41) is 0. The van der Waals surface area contributed by atoms with E-state index in [1.165, 1.54) is 12.8 Å². The number of amides is 1. The van der Waals surface area contributed by atoms with Crippen molar-refractivity contribution in [2.75, 3.05) is 13.6 Å². The smallest absolute Gasteiger partial charge is 0.254 e. The lowest BCUT2D eigenvalue weighted by molar-refractivity contribution is 0.0787. The van der Waals surface area contributed by atoms with E-state index in [9.17, 15) is 4.79 Å². The topological polar surface area (TPSA) is 20.3 Å². The zero-order valence-electron chi connectivity index (χ0n) is 9.04. The number of rotatable bonds is 3. The van der Waals surface area contributed by atoms with Crippen LogP contribution in [0, 0.1) is 9.49 Å². The van der Waals surface area contributed by atoms with Crippen LogP contribution in [0.2, 0.25) is 0 Å². The molecule has 1 aliphatic carbocycles. The average molecular weight is 394 g/mol. The standard InChI is InChI=1S/C12H13BrINO/c1-15(7-8-2-3-8)12(16)10-6-9(14)4-5-11(10)13/h4-6,8H,2-3,7H2,1H3. The summed E-state index contributed by atoms with van der Waals surface area (Å²) >= 11 is 5.66. The SMILES string of the molecule is CN(CC1CC1)C(=O)c1cc(I)ccc1Br. The molecule has 0 unspecified atom stereocenters. The lowest BCUT2D eigenvalue weighted by atomic mass is 10.2. The Morgan fingerprint density at radius 3 is 2.88 bits per heavy atom. The fourth-order valence-corrected chi connectivity index (χ4v) is 2.55. The molecule has 0 radical (unpaired) electrons. The van der Waals surface area contributed by atoms with Crippen LogP contribution in [0.15, 0.2) is 22.7 Å². The molecule has 1 amide bonds. The largest absolute Gasteiger partial charge is 0.341 e. The van der Waals surface area contributed by atoms with Crippen molar-refractivity contribution >= 4 is 44.4 Å². The zero-order chi connectivity index (χ0) is 11.7. The van der Waals surface area contributed by atoms with Gasteiger partial charge in [0.05, 0.1) is 5.56 Å². The number of nitrogens with zero attached hydrogens (tertiary/aromatic N) is 1. The van der Waals surface area contributed by atoms with E-state index in [4.69, 9.17) is 0 Å². The van der Waals surface area contributed by atoms with Crippen LogP contribution in [0.1, 0.15) is 23.2 Å². The summed E-state index contributed by atoms with van der Waals surface area (Å²) in [5.41, 5.74) is 0.759. The van der Waals surface area contributed by atoms with Gasteiger partial charge in [-0.1, -0.05) is 0 Å². The first-order valence-corrected chi connectivity index (χ1v) is 7.15. The minimum Gasteiger partial charge on any atom is -0.341 e. The van der Waals surface area contributed by atoms with Crippen molar-refractivity contribution in [3.05, 3.63) is 31.8 Å². The molecule has 1 aromatic carbocycles. The first-order valence-electron chi connectivity index (χ1n) is 5.28. The lowest BCUT2D eigenvalue weighted by Crippen LogP contribution is -2.29. The van der Waals surface area contributed by atoms with E-state index in [0.29, 0.717) is 0 Å². The summed E-state index contributed by atoms with van der Waals surface area (Å²) in [4.78, 5) is 14.0. The Labute approximate surface area is 118 Å². The van der Waals surface area contributed by atoms with E-state index in [0.717, 1.165) is 26.1 Å². The van der Waals surface area contributed by atoms with E-state index in [1.54, 1.807) is 0 Å². The molecule has 0 spiro atoms. The van der Waals surface area contributed by atoms with Crippen molar-refractivity contribution in [3.63, 3.8) is 0 Å². The molecule has 2 nitrogen and oxygen atoms in total. The van der Waals surface area contributed by atoms with E-state index in [1.807, 2.05) is 30.1 Å². The lowest BCUT2D eigenvalue weighted by Gasteiger charge is -2.17. The van der Waals surface area contributed by atoms with Gasteiger partial charge < -0.3 is 4.90 Å². The molecule has 16 heavy (non-hydrogen) atoms. The van der Waals surface area contributed by atoms with Gasteiger partial charge in [0.15, 0.2) is 0 Å². The summed E-state index contributed by atoms with van der Waals surface area (Å²) in [7, 11) is 1.88. The van der Waals surface area contributed by atoms with Crippen LogP contribution in [0.3, 0.4) is 0 Å². The van der Waals surface area contributed by atoms with E-state index in [2.05, 4.69) is 38.5 Å². The molecule has 86 valence electrons. The molecule has 1 aliphatic rings. The quantitative estimate of drug-likeness (QED) is 0.719. The Balaban J connectivity index is 2.14. The highest BCUT2D eigenvalue weighted by molar-refractivity contribution is 14.1. The second-order valence-corrected chi connectivity index (χ2v) is 6.35. The van der Waals surface area contributed by atoms with Crippen LogP contribution in [0.4, 0.5) is 0 Å². The predicted molar refractivity (Wildman–Crippen MR) is 76.5 cm³/mol. The molecular formula is C12H13BrINO. The van der Waals surface area contributed by atoms with Crippen LogP contribution in [-0.2, 0) is 0 Å². The third kappa shape index (κ3) is 2.97. The number of carbonyl (C=O) groups excluding carboxylic acids is 1. The molecule has 0 saturated heterocycles. The van der Waals surface area contributed by atoms with Crippen LogP contribution in [-0.4, -0.2) is 24.4 Å². The number of halogens is 2. The van der Waals surface area contributed by atoms with Crippen molar-refractivity contribution in [2.24, 2.45) is 5.92 Å². The van der Waals surface area contributed by atoms with Crippen molar-refractivity contribution in [1.29, 1.82) is 0 Å². The number of benzene rings is 1. The van der Waals surface area contributed by atoms with E-state index < -0.39 is 0 Å². The van der Waals surface area contributed by atoms with Gasteiger partial charge >= 0.3 is 0 Å². The third-order valence-electron chi connectivity index (χ3n) is 2.73. The highest BCUT2D eigenvalue weighted by atomic mass is 127. The Hall–Kier alpha value is -0.100. The first kappa shape index (κ1) is 12.4. The molecule has 0 N–H and O–H groups in total. The summed E-state index contributed by atoms with van der Waals surface area (Å²) in [5.74, 6) is 0.841. The molecule has 1 saturated carbocycles. The zero-order valence-corrected chi connectivity index (χ0v) is 12.8. The van der Waals surface area contributed by atoms with Crippen molar-refractivity contribution in [1.82, 2.24) is 4.90 Å². The van der Waals surface area contributed by atoms with Gasteiger partial charge in [-0.05, 0) is 75.5 Å². The van der Waals surface area contributed by atoms with Crippen LogP contribution in [0.5, 0.6) is 0 Å². The second kappa shape index (κ2) is 5.04. The summed E-state index contributed by atoms with van der Waals surface area (Å²) in [6, 6.07) is 5.85. The van der Waals surface area contributed by atoms with E-state index in [-0.39, 0.29) is 5.91 Å². The van der Waals surface area contributed by atoms with Crippen molar-refractivity contribution in [3.8, 4) is 0 Å². The summed E-state index contributed by atoms with van der Waals surface area (Å²) in [6.07, 6.45) is 2.54. The van der Waals surface area contributed by atoms with Gasteiger partial charge in [-0.25, -0.2) is 0 Å². The van der Waals surface area contributed by atoms with Gasteiger partial charge in [-0.3, -0.25) is 4.79 Å². The Bertz CT molecular complexity index is 417. The van der Waals surface area contributed by atoms with E-state index >= 15 is 0 Å². The molecule has 0 aliphatic heterocycles. The third-order valence-corrected chi connectivity index (χ3v) is 4.10. The van der Waals surface area contributed by atoms with Crippen LogP contribution < -0.4 is 0 Å². The molecule has 1 aromatic rings. The summed E-state index contributed by atoms with van der Waals surface area (Å²) < 4.78 is 1.96. The normalized spacial score (nSPS) is 14.9. The monoisotopic (exact) mass is 393 g/mol. The highest BCUT2D eigenvalue weighted by Crippen LogP contribution is 2.30. The molecule has 0 aromatic heterocycles. The number of hydrogen-bond acceptors (Lipinski definition) is 1. The van der Waals surface area contributed by atoms with Gasteiger partial charge in [0, 0.05) is 21.6 Å². The molecule has 4 heteroatoms. The van der Waals surface area contributed by atoms with Crippen LogP contribution in [0.25, 0.3) is 0 Å².